The molecule has 180 valence electrons. The fraction of sp³-hybridized carbons (Fsp3) is 0.444. The summed E-state index contributed by atoms with van der Waals surface area (Å²) < 4.78 is 5.52. The molecule has 4 rings (SSSR count). The zero-order valence-corrected chi connectivity index (χ0v) is 19.5. The molecule has 2 amide bonds. The van der Waals surface area contributed by atoms with Crippen LogP contribution in [-0.4, -0.2) is 42.8 Å². The molecule has 0 saturated heterocycles. The highest BCUT2D eigenvalue weighted by atomic mass is 16.5. The molecule has 0 aromatic heterocycles. The smallest absolute Gasteiger partial charge is 0.407 e. The fourth-order valence-electron chi connectivity index (χ4n) is 5.16. The van der Waals surface area contributed by atoms with E-state index in [2.05, 4.69) is 34.9 Å². The lowest BCUT2D eigenvalue weighted by molar-refractivity contribution is -0.145. The quantitative estimate of drug-likeness (QED) is 0.544. The van der Waals surface area contributed by atoms with Crippen LogP contribution in [0.1, 0.15) is 49.7 Å². The van der Waals surface area contributed by atoms with Gasteiger partial charge in [0.1, 0.15) is 6.61 Å². The summed E-state index contributed by atoms with van der Waals surface area (Å²) in [5, 5.41) is 14.9. The molecule has 7 heteroatoms. The van der Waals surface area contributed by atoms with Crippen molar-refractivity contribution >= 4 is 18.0 Å². The van der Waals surface area contributed by atoms with Crippen molar-refractivity contribution in [3.8, 4) is 11.1 Å². The molecule has 0 bridgehead atoms. The van der Waals surface area contributed by atoms with E-state index < -0.39 is 23.9 Å². The molecular weight excluding hydrogens is 432 g/mol. The van der Waals surface area contributed by atoms with Crippen molar-refractivity contribution in [1.29, 1.82) is 0 Å². The molecule has 1 unspecified atom stereocenters. The third-order valence-corrected chi connectivity index (χ3v) is 7.11. The van der Waals surface area contributed by atoms with Crippen molar-refractivity contribution in [3.05, 3.63) is 59.7 Å². The van der Waals surface area contributed by atoms with Crippen LogP contribution in [0.5, 0.6) is 0 Å². The molecule has 2 aromatic carbocycles. The number of benzene rings is 2. The maximum atomic E-state index is 12.5. The number of carbonyl (C=O) groups excluding carboxylic acids is 2. The largest absolute Gasteiger partial charge is 0.481 e. The first-order valence-corrected chi connectivity index (χ1v) is 12.0. The van der Waals surface area contributed by atoms with Crippen LogP contribution in [0.2, 0.25) is 0 Å². The van der Waals surface area contributed by atoms with Crippen LogP contribution < -0.4 is 10.6 Å². The van der Waals surface area contributed by atoms with Gasteiger partial charge < -0.3 is 20.5 Å². The number of alkyl carbamates (subject to hydrolysis) is 1. The Morgan fingerprint density at radius 1 is 0.971 bits per heavy atom. The van der Waals surface area contributed by atoms with Gasteiger partial charge in [0.15, 0.2) is 0 Å². The molecule has 7 nitrogen and oxygen atoms in total. The van der Waals surface area contributed by atoms with Gasteiger partial charge in [0.05, 0.1) is 11.8 Å². The van der Waals surface area contributed by atoms with Crippen LogP contribution >= 0.6 is 0 Å². The molecule has 3 atom stereocenters. The summed E-state index contributed by atoms with van der Waals surface area (Å²) in [6.45, 7) is 2.45. The first-order chi connectivity index (χ1) is 16.5. The number of fused-ring (bicyclic) bond motifs is 3. The summed E-state index contributed by atoms with van der Waals surface area (Å²) in [7, 11) is 0. The number of hydrogen-bond acceptors (Lipinski definition) is 4. The van der Waals surface area contributed by atoms with Crippen molar-refractivity contribution < 1.29 is 24.2 Å². The third kappa shape index (κ3) is 5.24. The number of rotatable bonds is 8. The number of nitrogens with one attached hydrogen (secondary N) is 2. The number of hydrogen-bond donors (Lipinski definition) is 3. The second-order valence-corrected chi connectivity index (χ2v) is 9.34. The van der Waals surface area contributed by atoms with Crippen molar-refractivity contribution in [2.24, 2.45) is 17.8 Å². The van der Waals surface area contributed by atoms with Gasteiger partial charge in [0.25, 0.3) is 0 Å². The maximum absolute atomic E-state index is 12.5. The van der Waals surface area contributed by atoms with E-state index in [9.17, 15) is 19.5 Å². The predicted octanol–water partition coefficient (Wildman–Crippen LogP) is 4.17. The van der Waals surface area contributed by atoms with Crippen molar-refractivity contribution in [3.63, 3.8) is 0 Å². The zero-order valence-electron chi connectivity index (χ0n) is 19.5. The van der Waals surface area contributed by atoms with Gasteiger partial charge in [-0.3, -0.25) is 9.59 Å². The maximum Gasteiger partial charge on any atom is 0.407 e. The molecule has 2 aliphatic carbocycles. The molecule has 0 heterocycles. The lowest BCUT2D eigenvalue weighted by atomic mass is 9.79. The Balaban J connectivity index is 1.23. The Morgan fingerprint density at radius 3 is 2.24 bits per heavy atom. The summed E-state index contributed by atoms with van der Waals surface area (Å²) in [5.74, 6) is -1.90. The lowest BCUT2D eigenvalue weighted by Crippen LogP contribution is -2.42. The average Bonchev–Trinajstić information content (AvgIpc) is 3.18. The van der Waals surface area contributed by atoms with Crippen molar-refractivity contribution in [1.82, 2.24) is 10.6 Å². The number of carboxylic acids is 1. The minimum absolute atomic E-state index is 0.0171. The Labute approximate surface area is 199 Å². The first-order valence-electron chi connectivity index (χ1n) is 12.0. The molecule has 0 spiro atoms. The van der Waals surface area contributed by atoms with Gasteiger partial charge in [-0.25, -0.2) is 4.79 Å². The van der Waals surface area contributed by atoms with E-state index >= 15 is 0 Å². The molecular formula is C27H32N2O5. The summed E-state index contributed by atoms with van der Waals surface area (Å²) in [4.78, 5) is 36.2. The zero-order chi connectivity index (χ0) is 24.1. The average molecular weight is 465 g/mol. The van der Waals surface area contributed by atoms with E-state index in [-0.39, 0.29) is 30.9 Å². The first kappa shape index (κ1) is 23.8. The Kier molecular flexibility index (Phi) is 7.50. The van der Waals surface area contributed by atoms with E-state index in [1.807, 2.05) is 24.3 Å². The second kappa shape index (κ2) is 10.7. The molecule has 2 aliphatic rings. The minimum Gasteiger partial charge on any atom is -0.481 e. The predicted molar refractivity (Wildman–Crippen MR) is 128 cm³/mol. The van der Waals surface area contributed by atoms with Gasteiger partial charge in [0, 0.05) is 19.0 Å². The van der Waals surface area contributed by atoms with Crippen molar-refractivity contribution in [2.75, 3.05) is 19.7 Å². The third-order valence-electron chi connectivity index (χ3n) is 7.11. The summed E-state index contributed by atoms with van der Waals surface area (Å²) in [6, 6.07) is 16.3. The highest BCUT2D eigenvalue weighted by Crippen LogP contribution is 2.44. The van der Waals surface area contributed by atoms with Crippen LogP contribution in [0.15, 0.2) is 48.5 Å². The fourth-order valence-corrected chi connectivity index (χ4v) is 5.16. The van der Waals surface area contributed by atoms with Crippen LogP contribution in [0.25, 0.3) is 11.1 Å². The molecule has 0 radical (unpaired) electrons. The van der Waals surface area contributed by atoms with E-state index in [0.29, 0.717) is 13.0 Å². The van der Waals surface area contributed by atoms with E-state index in [1.54, 1.807) is 6.92 Å². The van der Waals surface area contributed by atoms with Gasteiger partial charge in [-0.1, -0.05) is 68.3 Å². The van der Waals surface area contributed by atoms with Gasteiger partial charge in [-0.05, 0) is 41.0 Å². The summed E-state index contributed by atoms with van der Waals surface area (Å²) in [6.07, 6.45) is 2.82. The standard InChI is InChI=1S/C27H32N2O5/c1-17(25(30)28-15-18-8-2-3-9-19(18)26(31)32)14-29-27(33)34-16-24-22-12-6-4-10-20(22)21-11-5-7-13-23(21)24/h4-7,10-13,17-19,24H,2-3,8-9,14-16H2,1H3,(H,28,30)(H,29,33)(H,31,32)/t17?,18-,19-/m0/s1. The van der Waals surface area contributed by atoms with E-state index in [1.165, 1.54) is 11.1 Å². The molecule has 1 saturated carbocycles. The summed E-state index contributed by atoms with van der Waals surface area (Å²) >= 11 is 0. The number of ether oxygens (including phenoxy) is 1. The topological polar surface area (TPSA) is 105 Å². The molecule has 0 aliphatic heterocycles. The van der Waals surface area contributed by atoms with Crippen molar-refractivity contribution in [2.45, 2.75) is 38.5 Å². The molecule has 34 heavy (non-hydrogen) atoms. The van der Waals surface area contributed by atoms with Crippen LogP contribution in [0.3, 0.4) is 0 Å². The monoisotopic (exact) mass is 464 g/mol. The Hall–Kier alpha value is -3.35. The highest BCUT2D eigenvalue weighted by molar-refractivity contribution is 5.80. The van der Waals surface area contributed by atoms with Gasteiger partial charge in [-0.15, -0.1) is 0 Å². The SMILES string of the molecule is CC(CNC(=O)OCC1c2ccccc2-c2ccccc21)C(=O)NC[C@@H]1CCCC[C@@H]1C(=O)O. The second-order valence-electron chi connectivity index (χ2n) is 9.34. The highest BCUT2D eigenvalue weighted by Gasteiger charge is 2.31. The van der Waals surface area contributed by atoms with Gasteiger partial charge in [0.2, 0.25) is 5.91 Å². The van der Waals surface area contributed by atoms with E-state index in [0.717, 1.165) is 30.4 Å². The van der Waals surface area contributed by atoms with E-state index in [4.69, 9.17) is 4.74 Å². The molecule has 1 fully saturated rings. The van der Waals surface area contributed by atoms with Crippen LogP contribution in [0.4, 0.5) is 4.79 Å². The van der Waals surface area contributed by atoms with Gasteiger partial charge in [-0.2, -0.15) is 0 Å². The number of carboxylic acid groups (broad SMARTS) is 1. The van der Waals surface area contributed by atoms with Crippen LogP contribution in [-0.2, 0) is 14.3 Å². The number of carbonyl (C=O) groups is 3. The summed E-state index contributed by atoms with van der Waals surface area (Å²) in [5.41, 5.74) is 4.62. The normalized spacial score (nSPS) is 20.0. The Morgan fingerprint density at radius 2 is 1.59 bits per heavy atom. The number of amides is 2. The lowest BCUT2D eigenvalue weighted by Gasteiger charge is -2.29. The minimum atomic E-state index is -0.788. The van der Waals surface area contributed by atoms with Crippen LogP contribution in [0, 0.1) is 17.8 Å². The molecule has 2 aromatic rings. The molecule has 3 N–H and O–H groups in total. The Bertz CT molecular complexity index is 1010. The van der Waals surface area contributed by atoms with Gasteiger partial charge >= 0.3 is 12.1 Å². The number of aliphatic carboxylic acids is 1.